The van der Waals surface area contributed by atoms with Crippen molar-refractivity contribution < 1.29 is 10.0 Å². The summed E-state index contributed by atoms with van der Waals surface area (Å²) in [5.74, 6) is 0.0434. The molecule has 0 aromatic rings. The first-order valence-corrected chi connectivity index (χ1v) is 6.84. The van der Waals surface area contributed by atoms with Gasteiger partial charge >= 0.3 is 0 Å². The normalized spacial score (nSPS) is 24.4. The molecule has 1 aliphatic rings. The smallest absolute Gasteiger partial charge is 0.245 e. The third-order valence-electron chi connectivity index (χ3n) is 4.15. The Labute approximate surface area is 111 Å². The van der Waals surface area contributed by atoms with E-state index in [1.54, 1.807) is 0 Å². The second kappa shape index (κ2) is 4.49. The molecule has 1 aliphatic heterocycles. The highest BCUT2D eigenvalue weighted by Gasteiger charge is 2.55. The van der Waals surface area contributed by atoms with E-state index in [4.69, 9.17) is 0 Å². The van der Waals surface area contributed by atoms with Crippen molar-refractivity contribution in [2.24, 2.45) is 0 Å². The first-order chi connectivity index (χ1) is 8.03. The quantitative estimate of drug-likeness (QED) is 0.826. The van der Waals surface area contributed by atoms with Gasteiger partial charge in [-0.15, -0.1) is 0 Å². The maximum absolute atomic E-state index is 12.8. The molecular weight excluding hydrogens is 228 g/mol. The Morgan fingerprint density at radius 3 is 2.00 bits per heavy atom. The Morgan fingerprint density at radius 1 is 1.22 bits per heavy atom. The van der Waals surface area contributed by atoms with Crippen molar-refractivity contribution in [3.63, 3.8) is 0 Å². The van der Waals surface area contributed by atoms with Crippen LogP contribution in [-0.2, 0) is 4.79 Å². The first kappa shape index (κ1) is 15.4. The number of carbonyl (C=O) groups is 1. The fourth-order valence-corrected chi connectivity index (χ4v) is 2.84. The molecule has 0 saturated carbocycles. The van der Waals surface area contributed by atoms with Gasteiger partial charge in [-0.2, -0.15) is 5.06 Å². The highest BCUT2D eigenvalue weighted by atomic mass is 16.5. The monoisotopic (exact) mass is 256 g/mol. The second-order valence-electron chi connectivity index (χ2n) is 6.93. The number of hydrogen-bond donors (Lipinski definition) is 1. The summed E-state index contributed by atoms with van der Waals surface area (Å²) in [6, 6.07) is 0. The molecule has 1 N–H and O–H groups in total. The number of nitrogens with zero attached hydrogens (tertiary/aromatic N) is 2. The van der Waals surface area contributed by atoms with E-state index in [-0.39, 0.29) is 11.4 Å². The van der Waals surface area contributed by atoms with Gasteiger partial charge in [-0.25, -0.2) is 0 Å². The average molecular weight is 256 g/mol. The van der Waals surface area contributed by atoms with Crippen molar-refractivity contribution >= 4 is 5.91 Å². The van der Waals surface area contributed by atoms with Crippen LogP contribution in [0, 0.1) is 0 Å². The lowest BCUT2D eigenvalue weighted by molar-refractivity contribution is -0.261. The number of piperazine rings is 1. The highest BCUT2D eigenvalue weighted by molar-refractivity contribution is 5.88. The molecule has 1 heterocycles. The molecule has 4 heteroatoms. The zero-order valence-electron chi connectivity index (χ0n) is 12.9. The Kier molecular flexibility index (Phi) is 3.86. The molecule has 0 spiro atoms. The van der Waals surface area contributed by atoms with Crippen molar-refractivity contribution in [3.8, 4) is 0 Å². The lowest BCUT2D eigenvalue weighted by atomic mass is 9.81. The fraction of sp³-hybridized carbons (Fsp3) is 0.929. The number of amides is 1. The molecule has 0 aliphatic carbocycles. The van der Waals surface area contributed by atoms with Crippen molar-refractivity contribution in [2.75, 3.05) is 6.54 Å². The Hall–Kier alpha value is -0.610. The van der Waals surface area contributed by atoms with E-state index in [0.29, 0.717) is 19.4 Å². The minimum absolute atomic E-state index is 0.0434. The van der Waals surface area contributed by atoms with Crippen LogP contribution in [0.4, 0.5) is 0 Å². The van der Waals surface area contributed by atoms with Gasteiger partial charge < -0.3 is 10.1 Å². The van der Waals surface area contributed by atoms with E-state index in [1.807, 2.05) is 53.4 Å². The molecule has 1 saturated heterocycles. The summed E-state index contributed by atoms with van der Waals surface area (Å²) in [5, 5.41) is 11.8. The zero-order chi connectivity index (χ0) is 14.4. The summed E-state index contributed by atoms with van der Waals surface area (Å²) in [4.78, 5) is 14.7. The SMILES string of the molecule is CCC1(CC)C(=O)N(C(C)(C)C)CC(C)(C)N1O. The van der Waals surface area contributed by atoms with Crippen molar-refractivity contribution in [3.05, 3.63) is 0 Å². The van der Waals surface area contributed by atoms with Crippen molar-refractivity contribution in [1.29, 1.82) is 0 Å². The molecule has 1 rings (SSSR count). The standard InChI is InChI=1S/C14H28N2O2/c1-8-14(9-2)11(17)15(12(3,4)5)10-13(6,7)16(14)18/h18H,8-10H2,1-7H3. The lowest BCUT2D eigenvalue weighted by Crippen LogP contribution is -2.74. The predicted octanol–water partition coefficient (Wildman–Crippen LogP) is 2.66. The zero-order valence-corrected chi connectivity index (χ0v) is 12.9. The van der Waals surface area contributed by atoms with Gasteiger partial charge in [0.1, 0.15) is 5.54 Å². The molecule has 4 nitrogen and oxygen atoms in total. The van der Waals surface area contributed by atoms with Gasteiger partial charge in [-0.1, -0.05) is 13.8 Å². The van der Waals surface area contributed by atoms with E-state index in [9.17, 15) is 10.0 Å². The molecule has 1 amide bonds. The van der Waals surface area contributed by atoms with Gasteiger partial charge in [0.15, 0.2) is 0 Å². The Bertz CT molecular complexity index is 327. The first-order valence-electron chi connectivity index (χ1n) is 6.84. The van der Waals surface area contributed by atoms with E-state index < -0.39 is 11.1 Å². The maximum atomic E-state index is 12.8. The summed E-state index contributed by atoms with van der Waals surface area (Å²) in [6.07, 6.45) is 1.24. The molecule has 0 aromatic heterocycles. The third kappa shape index (κ3) is 2.16. The number of hydroxylamine groups is 2. The predicted molar refractivity (Wildman–Crippen MR) is 72.5 cm³/mol. The van der Waals surface area contributed by atoms with Crippen LogP contribution < -0.4 is 0 Å². The molecule has 0 bridgehead atoms. The molecule has 1 fully saturated rings. The number of hydrogen-bond acceptors (Lipinski definition) is 3. The van der Waals surface area contributed by atoms with Crippen LogP contribution in [0.3, 0.4) is 0 Å². The van der Waals surface area contributed by atoms with Gasteiger partial charge in [0.25, 0.3) is 0 Å². The molecule has 106 valence electrons. The van der Waals surface area contributed by atoms with Gasteiger partial charge in [-0.05, 0) is 47.5 Å². The van der Waals surface area contributed by atoms with Gasteiger partial charge in [0.2, 0.25) is 5.91 Å². The summed E-state index contributed by atoms with van der Waals surface area (Å²) in [5.41, 5.74) is -1.42. The average Bonchev–Trinajstić information content (AvgIpc) is 2.25. The molecule has 0 radical (unpaired) electrons. The molecular formula is C14H28N2O2. The van der Waals surface area contributed by atoms with Crippen LogP contribution in [-0.4, -0.2) is 44.2 Å². The topological polar surface area (TPSA) is 43.8 Å². The number of rotatable bonds is 2. The second-order valence-corrected chi connectivity index (χ2v) is 6.93. The van der Waals surface area contributed by atoms with Crippen molar-refractivity contribution in [1.82, 2.24) is 9.96 Å². The van der Waals surface area contributed by atoms with Crippen LogP contribution >= 0.6 is 0 Å². The Balaban J connectivity index is 3.29. The molecule has 0 atom stereocenters. The van der Waals surface area contributed by atoms with Crippen molar-refractivity contribution in [2.45, 2.75) is 77.9 Å². The van der Waals surface area contributed by atoms with Crippen LogP contribution in [0.15, 0.2) is 0 Å². The van der Waals surface area contributed by atoms with Crippen LogP contribution in [0.25, 0.3) is 0 Å². The molecule has 0 aromatic carbocycles. The summed E-state index contributed by atoms with van der Waals surface area (Å²) in [7, 11) is 0. The van der Waals surface area contributed by atoms with Gasteiger partial charge in [-0.3, -0.25) is 4.79 Å². The minimum Gasteiger partial charge on any atom is -0.334 e. The Morgan fingerprint density at radius 2 is 1.67 bits per heavy atom. The van der Waals surface area contributed by atoms with E-state index in [0.717, 1.165) is 0 Å². The van der Waals surface area contributed by atoms with E-state index in [2.05, 4.69) is 0 Å². The summed E-state index contributed by atoms with van der Waals surface area (Å²) >= 11 is 0. The number of carbonyl (C=O) groups excluding carboxylic acids is 1. The third-order valence-corrected chi connectivity index (χ3v) is 4.15. The van der Waals surface area contributed by atoms with E-state index >= 15 is 0 Å². The van der Waals surface area contributed by atoms with Crippen LogP contribution in [0.1, 0.15) is 61.3 Å². The van der Waals surface area contributed by atoms with Crippen LogP contribution in [0.2, 0.25) is 0 Å². The molecule has 18 heavy (non-hydrogen) atoms. The fourth-order valence-electron chi connectivity index (χ4n) is 2.84. The van der Waals surface area contributed by atoms with E-state index in [1.165, 1.54) is 5.06 Å². The summed E-state index contributed by atoms with van der Waals surface area (Å²) < 4.78 is 0. The van der Waals surface area contributed by atoms with Gasteiger partial charge in [0.05, 0.1) is 5.54 Å². The highest BCUT2D eigenvalue weighted by Crippen LogP contribution is 2.38. The van der Waals surface area contributed by atoms with Crippen LogP contribution in [0.5, 0.6) is 0 Å². The minimum atomic E-state index is -0.783. The summed E-state index contributed by atoms with van der Waals surface area (Å²) in [6.45, 7) is 14.6. The largest absolute Gasteiger partial charge is 0.334 e. The van der Waals surface area contributed by atoms with Gasteiger partial charge in [0, 0.05) is 12.1 Å². The maximum Gasteiger partial charge on any atom is 0.245 e. The molecule has 0 unspecified atom stereocenters. The lowest BCUT2D eigenvalue weighted by Gasteiger charge is -2.57.